The standard InChI is InChI=1S/C14H25NS/c1-2-16-14-9-8-13(10-14)15-11-12-6-4-3-5-7-12/h3-4,12-15H,2,5-11H2,1H3. The van der Waals surface area contributed by atoms with E-state index >= 15 is 0 Å². The highest BCUT2D eigenvalue weighted by atomic mass is 32.2. The van der Waals surface area contributed by atoms with Gasteiger partial charge < -0.3 is 5.32 Å². The number of rotatable bonds is 5. The maximum Gasteiger partial charge on any atom is 0.00781 e. The lowest BCUT2D eigenvalue weighted by atomic mass is 9.94. The van der Waals surface area contributed by atoms with E-state index in [0.29, 0.717) is 0 Å². The largest absolute Gasteiger partial charge is 0.314 e. The topological polar surface area (TPSA) is 12.0 Å². The van der Waals surface area contributed by atoms with Crippen LogP contribution in [0, 0.1) is 5.92 Å². The second-order valence-corrected chi connectivity index (χ2v) is 6.72. The van der Waals surface area contributed by atoms with E-state index in [2.05, 4.69) is 36.2 Å². The SMILES string of the molecule is CCSC1CCC(NCC2CC=CCC2)C1. The lowest BCUT2D eigenvalue weighted by Crippen LogP contribution is -2.32. The third-order valence-corrected chi connectivity index (χ3v) is 5.09. The van der Waals surface area contributed by atoms with Crippen LogP contribution in [0.1, 0.15) is 45.4 Å². The lowest BCUT2D eigenvalue weighted by molar-refractivity contribution is 0.404. The molecule has 1 nitrogen and oxygen atoms in total. The maximum absolute atomic E-state index is 3.79. The molecule has 2 aliphatic rings. The first kappa shape index (κ1) is 12.5. The molecule has 0 aliphatic heterocycles. The van der Waals surface area contributed by atoms with Gasteiger partial charge in [0.25, 0.3) is 0 Å². The van der Waals surface area contributed by atoms with Gasteiger partial charge in [0.15, 0.2) is 0 Å². The molecule has 0 saturated heterocycles. The van der Waals surface area contributed by atoms with Crippen molar-refractivity contribution in [3.05, 3.63) is 12.2 Å². The molecular weight excluding hydrogens is 214 g/mol. The summed E-state index contributed by atoms with van der Waals surface area (Å²) in [7, 11) is 0. The molecule has 3 atom stereocenters. The Kier molecular flexibility index (Phi) is 5.24. The van der Waals surface area contributed by atoms with Crippen LogP contribution in [0.2, 0.25) is 0 Å². The van der Waals surface area contributed by atoms with Crippen molar-refractivity contribution in [2.24, 2.45) is 5.92 Å². The van der Waals surface area contributed by atoms with Crippen LogP contribution in [0.15, 0.2) is 12.2 Å². The van der Waals surface area contributed by atoms with Crippen LogP contribution >= 0.6 is 11.8 Å². The molecule has 3 unspecified atom stereocenters. The van der Waals surface area contributed by atoms with E-state index in [1.165, 1.54) is 50.8 Å². The predicted octanol–water partition coefficient (Wildman–Crippen LogP) is 3.61. The molecule has 0 heterocycles. The third-order valence-electron chi connectivity index (χ3n) is 3.86. The van der Waals surface area contributed by atoms with Crippen molar-refractivity contribution in [1.29, 1.82) is 0 Å². The second-order valence-electron chi connectivity index (χ2n) is 5.15. The number of nitrogens with one attached hydrogen (secondary N) is 1. The van der Waals surface area contributed by atoms with Gasteiger partial charge in [0.1, 0.15) is 0 Å². The quantitative estimate of drug-likeness (QED) is 0.736. The summed E-state index contributed by atoms with van der Waals surface area (Å²) in [6.07, 6.45) is 12.9. The van der Waals surface area contributed by atoms with Crippen molar-refractivity contribution in [1.82, 2.24) is 5.32 Å². The van der Waals surface area contributed by atoms with Crippen LogP contribution in [0.25, 0.3) is 0 Å². The smallest absolute Gasteiger partial charge is 0.00781 e. The van der Waals surface area contributed by atoms with E-state index in [1.807, 2.05) is 0 Å². The van der Waals surface area contributed by atoms with Crippen LogP contribution in [-0.2, 0) is 0 Å². The summed E-state index contributed by atoms with van der Waals surface area (Å²) >= 11 is 2.15. The highest BCUT2D eigenvalue weighted by Gasteiger charge is 2.24. The van der Waals surface area contributed by atoms with Gasteiger partial charge in [-0.05, 0) is 56.7 Å². The molecule has 0 radical (unpaired) electrons. The van der Waals surface area contributed by atoms with Gasteiger partial charge in [-0.3, -0.25) is 0 Å². The molecule has 2 aliphatic carbocycles. The minimum atomic E-state index is 0.815. The zero-order valence-corrected chi connectivity index (χ0v) is 11.3. The normalized spacial score (nSPS) is 34.4. The minimum Gasteiger partial charge on any atom is -0.314 e. The highest BCUT2D eigenvalue weighted by molar-refractivity contribution is 7.99. The van der Waals surface area contributed by atoms with E-state index in [9.17, 15) is 0 Å². The van der Waals surface area contributed by atoms with Crippen LogP contribution in [0.4, 0.5) is 0 Å². The van der Waals surface area contributed by atoms with E-state index in [-0.39, 0.29) is 0 Å². The lowest BCUT2D eigenvalue weighted by Gasteiger charge is -2.21. The molecule has 2 rings (SSSR count). The van der Waals surface area contributed by atoms with Gasteiger partial charge in [0, 0.05) is 11.3 Å². The summed E-state index contributed by atoms with van der Waals surface area (Å²) in [5.74, 6) is 2.19. The van der Waals surface area contributed by atoms with Crippen LogP contribution in [-0.4, -0.2) is 23.6 Å². The number of thioether (sulfide) groups is 1. The first-order valence-electron chi connectivity index (χ1n) is 6.88. The van der Waals surface area contributed by atoms with Crippen molar-refractivity contribution in [3.63, 3.8) is 0 Å². The number of allylic oxidation sites excluding steroid dienone is 2. The Hall–Kier alpha value is 0.0500. The van der Waals surface area contributed by atoms with Crippen LogP contribution < -0.4 is 5.32 Å². The molecule has 1 fully saturated rings. The molecule has 92 valence electrons. The van der Waals surface area contributed by atoms with Crippen molar-refractivity contribution in [2.75, 3.05) is 12.3 Å². The Morgan fingerprint density at radius 1 is 1.25 bits per heavy atom. The summed E-state index contributed by atoms with van der Waals surface area (Å²) in [6, 6.07) is 0.815. The van der Waals surface area contributed by atoms with Gasteiger partial charge in [-0.2, -0.15) is 11.8 Å². The molecule has 0 aromatic heterocycles. The van der Waals surface area contributed by atoms with Crippen molar-refractivity contribution in [3.8, 4) is 0 Å². The van der Waals surface area contributed by atoms with Crippen molar-refractivity contribution < 1.29 is 0 Å². The third kappa shape index (κ3) is 3.81. The Morgan fingerprint density at radius 2 is 2.19 bits per heavy atom. The molecule has 16 heavy (non-hydrogen) atoms. The van der Waals surface area contributed by atoms with Gasteiger partial charge in [-0.25, -0.2) is 0 Å². The number of hydrogen-bond acceptors (Lipinski definition) is 2. The molecule has 0 aromatic rings. The van der Waals surface area contributed by atoms with Gasteiger partial charge in [-0.15, -0.1) is 0 Å². The molecule has 2 heteroatoms. The van der Waals surface area contributed by atoms with E-state index in [1.54, 1.807) is 0 Å². The fraction of sp³-hybridized carbons (Fsp3) is 0.857. The predicted molar refractivity (Wildman–Crippen MR) is 74.0 cm³/mol. The minimum absolute atomic E-state index is 0.815. The molecule has 0 amide bonds. The first-order valence-corrected chi connectivity index (χ1v) is 7.93. The Bertz CT molecular complexity index is 227. The molecular formula is C14H25NS. The van der Waals surface area contributed by atoms with Gasteiger partial charge in [0.2, 0.25) is 0 Å². The monoisotopic (exact) mass is 239 g/mol. The molecule has 0 bridgehead atoms. The van der Waals surface area contributed by atoms with Crippen LogP contribution in [0.5, 0.6) is 0 Å². The maximum atomic E-state index is 3.79. The molecule has 1 N–H and O–H groups in total. The summed E-state index contributed by atoms with van der Waals surface area (Å²) in [5, 5.41) is 4.73. The molecule has 1 saturated carbocycles. The highest BCUT2D eigenvalue weighted by Crippen LogP contribution is 2.30. The molecule has 0 aromatic carbocycles. The Balaban J connectivity index is 1.61. The average molecular weight is 239 g/mol. The Labute approximate surface area is 104 Å². The average Bonchev–Trinajstić information content (AvgIpc) is 2.76. The first-order chi connectivity index (χ1) is 7.88. The summed E-state index contributed by atoms with van der Waals surface area (Å²) in [6.45, 7) is 3.53. The Morgan fingerprint density at radius 3 is 2.94 bits per heavy atom. The van der Waals surface area contributed by atoms with E-state index < -0.39 is 0 Å². The number of hydrogen-bond donors (Lipinski definition) is 1. The van der Waals surface area contributed by atoms with Gasteiger partial charge in [-0.1, -0.05) is 19.1 Å². The molecule has 0 spiro atoms. The summed E-state index contributed by atoms with van der Waals surface area (Å²) < 4.78 is 0. The summed E-state index contributed by atoms with van der Waals surface area (Å²) in [5.41, 5.74) is 0. The fourth-order valence-corrected chi connectivity index (χ4v) is 4.03. The van der Waals surface area contributed by atoms with Crippen LogP contribution in [0.3, 0.4) is 0 Å². The fourth-order valence-electron chi connectivity index (χ4n) is 2.89. The van der Waals surface area contributed by atoms with Crippen molar-refractivity contribution in [2.45, 2.75) is 56.7 Å². The van der Waals surface area contributed by atoms with E-state index in [4.69, 9.17) is 0 Å². The zero-order valence-electron chi connectivity index (χ0n) is 10.5. The second kappa shape index (κ2) is 6.70. The van der Waals surface area contributed by atoms with Gasteiger partial charge in [0.05, 0.1) is 0 Å². The zero-order chi connectivity index (χ0) is 11.2. The van der Waals surface area contributed by atoms with E-state index in [0.717, 1.165) is 17.2 Å². The van der Waals surface area contributed by atoms with Crippen molar-refractivity contribution >= 4 is 11.8 Å². The van der Waals surface area contributed by atoms with Gasteiger partial charge >= 0.3 is 0 Å². The summed E-state index contributed by atoms with van der Waals surface area (Å²) in [4.78, 5) is 0.